The number of carbonyl (C=O) groups excluding carboxylic acids is 1. The number of halogens is 1. The summed E-state index contributed by atoms with van der Waals surface area (Å²) in [7, 11) is 5.09. The van der Waals surface area contributed by atoms with Gasteiger partial charge >= 0.3 is 5.97 Å². The number of aliphatic hydroxyl groups is 4. The number of hydrogen-bond donors (Lipinski definition) is 4. The van der Waals surface area contributed by atoms with Gasteiger partial charge in [-0.1, -0.05) is 67.0 Å². The van der Waals surface area contributed by atoms with Crippen LogP contribution in [0.15, 0.2) is 46.0 Å². The van der Waals surface area contributed by atoms with Crippen molar-refractivity contribution in [3.8, 4) is 0 Å². The monoisotopic (exact) mass is 1040 g/mol. The van der Waals surface area contributed by atoms with E-state index >= 15 is 0 Å². The van der Waals surface area contributed by atoms with Crippen molar-refractivity contribution in [1.82, 2.24) is 9.80 Å². The third-order valence-electron chi connectivity index (χ3n) is 15.6. The molecule has 394 valence electrons. The van der Waals surface area contributed by atoms with Gasteiger partial charge in [-0.3, -0.25) is 14.6 Å². The molecule has 0 amide bonds. The number of hydrogen-bond acceptors (Lipinski definition) is 16. The number of cyclic esters (lactones) is 1. The number of carbonyl (C=O) groups is 1. The van der Waals surface area contributed by atoms with Gasteiger partial charge < -0.3 is 58.4 Å². The van der Waals surface area contributed by atoms with Gasteiger partial charge in [-0.2, -0.15) is 0 Å². The zero-order valence-electron chi connectivity index (χ0n) is 43.6. The first-order valence-corrected chi connectivity index (χ1v) is 26.0. The normalized spacial score (nSPS) is 41.9. The molecule has 1 aromatic rings. The maximum absolute atomic E-state index is 14.7. The molecule has 0 radical (unpaired) electrons. The smallest absolute Gasteiger partial charge is 0.311 e. The third kappa shape index (κ3) is 14.2. The standard InChI is InChI=1S/C52H86BrN3O13/c1-14-40-52(10,61)45(58)33(4)42(54-64-26-18-17-25-56-23-15-16-24-56)31(2)28-51(9,63-13)47(69-49-43(57)39(27-32(3)65-49)55(11)30-37-19-21-38(53)22-20-37)34(5)44(35(6)48(60)67-40)68-41-29-50(8,62-12)46(59)36(7)66-41/h17-22,31-36,39-41,43-47,49,57-59,61H,14-16,23-30H2,1-13H3/b18-17+,54-42+/t31-,32-,33+,34+,35-,36+,39+,40-,41+,43-,44+,45-,46+,47-,49+,50-,51+,52-/m1/s1. The molecular weight excluding hydrogens is 954 g/mol. The number of methoxy groups -OCH3 is 2. The first kappa shape index (κ1) is 57.8. The highest BCUT2D eigenvalue weighted by atomic mass is 79.9. The number of esters is 1. The van der Waals surface area contributed by atoms with E-state index in [1.807, 2.05) is 65.1 Å². The Hall–Kier alpha value is -2.10. The van der Waals surface area contributed by atoms with E-state index in [1.54, 1.807) is 41.7 Å². The predicted octanol–water partition coefficient (Wildman–Crippen LogP) is 6.23. The van der Waals surface area contributed by atoms with Gasteiger partial charge in [0, 0.05) is 62.0 Å². The average Bonchev–Trinajstić information content (AvgIpc) is 3.84. The van der Waals surface area contributed by atoms with E-state index in [9.17, 15) is 25.2 Å². The minimum Gasteiger partial charge on any atom is -0.459 e. The van der Waals surface area contributed by atoms with Crippen molar-refractivity contribution < 1.29 is 63.2 Å². The molecule has 4 fully saturated rings. The summed E-state index contributed by atoms with van der Waals surface area (Å²) < 4.78 is 46.5. The molecule has 18 atom stereocenters. The number of benzene rings is 1. The Morgan fingerprint density at radius 1 is 0.899 bits per heavy atom. The highest BCUT2D eigenvalue weighted by molar-refractivity contribution is 9.10. The molecule has 1 aromatic carbocycles. The summed E-state index contributed by atoms with van der Waals surface area (Å²) >= 11 is 3.53. The second-order valence-electron chi connectivity index (χ2n) is 21.1. The first-order valence-electron chi connectivity index (χ1n) is 25.2. The van der Waals surface area contributed by atoms with E-state index in [0.717, 1.165) is 29.7 Å². The predicted molar refractivity (Wildman–Crippen MR) is 266 cm³/mol. The molecule has 0 aromatic heterocycles. The van der Waals surface area contributed by atoms with E-state index in [0.29, 0.717) is 18.7 Å². The Morgan fingerprint density at radius 3 is 2.17 bits per heavy atom. The third-order valence-corrected chi connectivity index (χ3v) is 16.2. The molecule has 17 heteroatoms. The zero-order valence-corrected chi connectivity index (χ0v) is 45.2. The molecule has 4 aliphatic heterocycles. The lowest BCUT2D eigenvalue weighted by Crippen LogP contribution is -2.61. The SMILES string of the molecule is CC[C@H]1OC(=O)[C@H](C)[C@@H](O[C@H]2C[C@@](C)(OC)[C@@H](O)[C@H](C)O2)[C@H](C)[C@@H](O[C@@H]2O[C@H](C)C[C@H](N(C)Cc3ccc(Br)cc3)[C@H]2O)[C@@](C)(OC)C[C@@H](C)/C(=N\OC/C=C/CN2CCCC2)[C@H](C)[C@@H](O)[C@]1(C)O. The van der Waals surface area contributed by atoms with Crippen LogP contribution >= 0.6 is 15.9 Å². The number of rotatable bonds is 15. The molecule has 5 rings (SSSR count). The molecular formula is C52H86BrN3O13. The fourth-order valence-electron chi connectivity index (χ4n) is 11.1. The summed E-state index contributed by atoms with van der Waals surface area (Å²) in [6.07, 6.45) is -2.27. The van der Waals surface area contributed by atoms with Crippen molar-refractivity contribution in [2.24, 2.45) is 28.8 Å². The van der Waals surface area contributed by atoms with Crippen LogP contribution in [0.2, 0.25) is 0 Å². The van der Waals surface area contributed by atoms with Crippen molar-refractivity contribution in [2.45, 2.75) is 199 Å². The summed E-state index contributed by atoms with van der Waals surface area (Å²) in [6, 6.07) is 7.72. The quantitative estimate of drug-likeness (QED) is 0.0669. The van der Waals surface area contributed by atoms with Gasteiger partial charge in [-0.25, -0.2) is 0 Å². The number of likely N-dealkylation sites (N-methyl/N-ethyl adjacent to an activating group) is 1. The van der Waals surface area contributed by atoms with E-state index in [2.05, 4.69) is 37.0 Å². The second kappa shape index (κ2) is 25.2. The maximum atomic E-state index is 14.7. The van der Waals surface area contributed by atoms with E-state index in [-0.39, 0.29) is 38.0 Å². The van der Waals surface area contributed by atoms with Gasteiger partial charge in [-0.15, -0.1) is 0 Å². The summed E-state index contributed by atoms with van der Waals surface area (Å²) in [5.74, 6) is -3.67. The molecule has 4 aliphatic rings. The van der Waals surface area contributed by atoms with Crippen molar-refractivity contribution in [2.75, 3.05) is 47.5 Å². The van der Waals surface area contributed by atoms with Gasteiger partial charge in [0.1, 0.15) is 30.5 Å². The molecule has 69 heavy (non-hydrogen) atoms. The van der Waals surface area contributed by atoms with Gasteiger partial charge in [0.25, 0.3) is 0 Å². The van der Waals surface area contributed by atoms with E-state index in [1.165, 1.54) is 26.9 Å². The fourth-order valence-corrected chi connectivity index (χ4v) is 11.4. The zero-order chi connectivity index (χ0) is 51.0. The van der Waals surface area contributed by atoms with Crippen molar-refractivity contribution in [1.29, 1.82) is 0 Å². The second-order valence-corrected chi connectivity index (χ2v) is 22.0. The fraction of sp³-hybridized carbons (Fsp3) is 0.808. The van der Waals surface area contributed by atoms with Crippen molar-refractivity contribution in [3.05, 3.63) is 46.5 Å². The Kier molecular flexibility index (Phi) is 21.1. The van der Waals surface area contributed by atoms with Crippen LogP contribution in [0.4, 0.5) is 0 Å². The van der Waals surface area contributed by atoms with Gasteiger partial charge in [-0.05, 0) is 118 Å². The lowest BCUT2D eigenvalue weighted by molar-refractivity contribution is -0.319. The Balaban J connectivity index is 1.59. The van der Waals surface area contributed by atoms with Gasteiger partial charge in [0.05, 0.1) is 53.4 Å². The largest absolute Gasteiger partial charge is 0.459 e. The number of nitrogens with zero attached hydrogens (tertiary/aromatic N) is 3. The molecule has 0 aliphatic carbocycles. The van der Waals surface area contributed by atoms with Crippen LogP contribution in [0.5, 0.6) is 0 Å². The topological polar surface area (TPSA) is 191 Å². The van der Waals surface area contributed by atoms with Crippen LogP contribution in [0, 0.1) is 23.7 Å². The minimum atomic E-state index is -1.92. The summed E-state index contributed by atoms with van der Waals surface area (Å²) in [5, 5.41) is 52.5. The van der Waals surface area contributed by atoms with Crippen LogP contribution in [-0.2, 0) is 49.3 Å². The number of ether oxygens (including phenoxy) is 7. The number of likely N-dealkylation sites (tertiary alicyclic amines) is 1. The number of oxime groups is 1. The van der Waals surface area contributed by atoms with Crippen LogP contribution in [-0.4, -0.2) is 174 Å². The lowest BCUT2D eigenvalue weighted by Gasteiger charge is -2.50. The van der Waals surface area contributed by atoms with E-state index in [4.69, 9.17) is 38.0 Å². The van der Waals surface area contributed by atoms with Crippen molar-refractivity contribution in [3.63, 3.8) is 0 Å². The van der Waals surface area contributed by atoms with Gasteiger partial charge in [0.2, 0.25) is 0 Å². The summed E-state index contributed by atoms with van der Waals surface area (Å²) in [5.41, 5.74) is -2.66. The van der Waals surface area contributed by atoms with Crippen LogP contribution < -0.4 is 0 Å². The molecule has 16 nitrogen and oxygen atoms in total. The molecule has 0 spiro atoms. The molecule has 0 unspecified atom stereocenters. The minimum absolute atomic E-state index is 0.127. The highest BCUT2D eigenvalue weighted by Gasteiger charge is 2.54. The Labute approximate surface area is 420 Å². The highest BCUT2D eigenvalue weighted by Crippen LogP contribution is 2.42. The molecule has 4 heterocycles. The van der Waals surface area contributed by atoms with E-state index < -0.39 is 102 Å². The maximum Gasteiger partial charge on any atom is 0.311 e. The lowest BCUT2D eigenvalue weighted by atomic mass is 9.73. The van der Waals surface area contributed by atoms with Gasteiger partial charge in [0.15, 0.2) is 12.6 Å². The van der Waals surface area contributed by atoms with Crippen LogP contribution in [0.3, 0.4) is 0 Å². The van der Waals surface area contributed by atoms with Crippen LogP contribution in [0.25, 0.3) is 0 Å². The van der Waals surface area contributed by atoms with Crippen molar-refractivity contribution >= 4 is 27.6 Å². The van der Waals surface area contributed by atoms with Crippen LogP contribution in [0.1, 0.15) is 113 Å². The number of aliphatic hydroxyl groups excluding tert-OH is 3. The molecule has 0 saturated carbocycles. The Morgan fingerprint density at radius 2 is 1.55 bits per heavy atom. The Bertz CT molecular complexity index is 1820. The molecule has 4 N–H and O–H groups in total. The summed E-state index contributed by atoms with van der Waals surface area (Å²) in [4.78, 5) is 25.1. The molecule has 0 bridgehead atoms. The molecule has 4 saturated heterocycles. The summed E-state index contributed by atoms with van der Waals surface area (Å²) in [6.45, 7) is 21.7. The average molecular weight is 1040 g/mol. The first-order chi connectivity index (χ1) is 32.5.